The lowest BCUT2D eigenvalue weighted by Crippen LogP contribution is -2.46. The number of hydrogen-bond donors (Lipinski definition) is 0. The highest BCUT2D eigenvalue weighted by molar-refractivity contribution is 7.50. The quantitative estimate of drug-likeness (QED) is 0.308. The van der Waals surface area contributed by atoms with Gasteiger partial charge in [0, 0.05) is 6.61 Å². The first-order valence-corrected chi connectivity index (χ1v) is 7.82. The fraction of sp³-hybridized carbons (Fsp3) is 0.846. The van der Waals surface area contributed by atoms with Crippen molar-refractivity contribution >= 4 is 16.1 Å². The zero-order valence-corrected chi connectivity index (χ0v) is 11.3. The minimum Gasteiger partial charge on any atom is -0.439 e. The minimum atomic E-state index is 0.589. The molecule has 3 aliphatic carbocycles. The molecule has 1 saturated carbocycles. The van der Waals surface area contributed by atoms with Gasteiger partial charge in [0.05, 0.1) is 0 Å². The van der Waals surface area contributed by atoms with Crippen LogP contribution in [0.1, 0.15) is 33.1 Å². The summed E-state index contributed by atoms with van der Waals surface area (Å²) in [6, 6.07) is 0. The molecule has 0 aromatic heterocycles. The third-order valence-electron chi connectivity index (χ3n) is 4.73. The standard InChI is InChI=1S/C13H21BOP/c1-13(2)10-5-9(6-11(13)7-10)3-4-15-14-12-8-16-12/h5,10-12,16H,3-4,6-8H2,1-2H3. The summed E-state index contributed by atoms with van der Waals surface area (Å²) in [5.74, 6) is 1.81. The molecule has 1 radical (unpaired) electrons. The van der Waals surface area contributed by atoms with Crippen molar-refractivity contribution in [3.63, 3.8) is 0 Å². The van der Waals surface area contributed by atoms with Crippen molar-refractivity contribution in [2.45, 2.75) is 38.7 Å². The van der Waals surface area contributed by atoms with Gasteiger partial charge in [0.15, 0.2) is 0 Å². The maximum Gasteiger partial charge on any atom is 0.300 e. The summed E-state index contributed by atoms with van der Waals surface area (Å²) < 4.78 is 5.60. The average molecular weight is 235 g/mol. The molecule has 4 atom stereocenters. The molecule has 3 heteroatoms. The summed E-state index contributed by atoms with van der Waals surface area (Å²) in [4.78, 5) is 0. The third-order valence-corrected chi connectivity index (χ3v) is 5.75. The van der Waals surface area contributed by atoms with Gasteiger partial charge in [-0.2, -0.15) is 0 Å². The molecule has 0 N–H and O–H groups in total. The fourth-order valence-electron chi connectivity index (χ4n) is 3.08. The van der Waals surface area contributed by atoms with Gasteiger partial charge in [0.1, 0.15) is 0 Å². The van der Waals surface area contributed by atoms with Gasteiger partial charge in [0.2, 0.25) is 0 Å². The molecule has 0 aromatic carbocycles. The summed E-state index contributed by atoms with van der Waals surface area (Å²) in [5, 5.41) is 0. The lowest BCUT2D eigenvalue weighted by molar-refractivity contribution is -0.00214. The highest BCUT2D eigenvalue weighted by Gasteiger charge is 2.49. The van der Waals surface area contributed by atoms with Crippen molar-refractivity contribution in [2.24, 2.45) is 17.3 Å². The van der Waals surface area contributed by atoms with E-state index >= 15 is 0 Å². The van der Waals surface area contributed by atoms with Gasteiger partial charge in [-0.3, -0.25) is 0 Å². The van der Waals surface area contributed by atoms with E-state index in [0.717, 1.165) is 39.0 Å². The van der Waals surface area contributed by atoms with Crippen molar-refractivity contribution in [1.29, 1.82) is 0 Å². The molecule has 0 spiro atoms. The van der Waals surface area contributed by atoms with E-state index in [1.54, 1.807) is 5.57 Å². The molecule has 87 valence electrons. The molecule has 0 amide bonds. The Morgan fingerprint density at radius 1 is 1.56 bits per heavy atom. The summed E-state index contributed by atoms with van der Waals surface area (Å²) in [5.41, 5.74) is 3.06. The minimum absolute atomic E-state index is 0.589. The van der Waals surface area contributed by atoms with Crippen molar-refractivity contribution in [1.82, 2.24) is 0 Å². The molecular formula is C13H21BOP. The van der Waals surface area contributed by atoms with E-state index in [1.165, 1.54) is 19.0 Å². The van der Waals surface area contributed by atoms with Crippen molar-refractivity contribution < 1.29 is 4.65 Å². The maximum atomic E-state index is 5.60. The van der Waals surface area contributed by atoms with Crippen LogP contribution in [0.25, 0.3) is 0 Å². The van der Waals surface area contributed by atoms with Crippen LogP contribution in [0.4, 0.5) is 0 Å². The highest BCUT2D eigenvalue weighted by atomic mass is 31.1. The Morgan fingerprint density at radius 3 is 2.94 bits per heavy atom. The van der Waals surface area contributed by atoms with Gasteiger partial charge in [0.25, 0.3) is 7.48 Å². The summed E-state index contributed by atoms with van der Waals surface area (Å²) in [6.07, 6.45) is 7.85. The van der Waals surface area contributed by atoms with Gasteiger partial charge < -0.3 is 4.65 Å². The molecule has 1 saturated heterocycles. The maximum absolute atomic E-state index is 5.60. The third kappa shape index (κ3) is 2.11. The average Bonchev–Trinajstić information content (AvgIpc) is 3.08. The van der Waals surface area contributed by atoms with Crippen LogP contribution in [0.15, 0.2) is 11.6 Å². The molecule has 16 heavy (non-hydrogen) atoms. The van der Waals surface area contributed by atoms with Crippen molar-refractivity contribution in [3.05, 3.63) is 11.6 Å². The van der Waals surface area contributed by atoms with Crippen LogP contribution in [0.3, 0.4) is 0 Å². The summed E-state index contributed by atoms with van der Waals surface area (Å²) in [7, 11) is 3.22. The largest absolute Gasteiger partial charge is 0.439 e. The van der Waals surface area contributed by atoms with Crippen LogP contribution in [0.5, 0.6) is 0 Å². The Kier molecular flexibility index (Phi) is 2.92. The van der Waals surface area contributed by atoms with Crippen LogP contribution >= 0.6 is 8.58 Å². The Labute approximate surface area is 101 Å². The molecule has 2 fully saturated rings. The van der Waals surface area contributed by atoms with Gasteiger partial charge in [-0.05, 0) is 48.2 Å². The molecule has 0 aromatic rings. The van der Waals surface area contributed by atoms with E-state index < -0.39 is 0 Å². The first kappa shape index (κ1) is 11.3. The zero-order valence-electron chi connectivity index (χ0n) is 10.3. The van der Waals surface area contributed by atoms with Crippen LogP contribution in [-0.2, 0) is 4.65 Å². The molecule has 1 aliphatic heterocycles. The van der Waals surface area contributed by atoms with E-state index in [0.29, 0.717) is 5.41 Å². The Balaban J connectivity index is 1.42. The molecule has 4 rings (SSSR count). The van der Waals surface area contributed by atoms with E-state index in [4.69, 9.17) is 4.65 Å². The molecule has 4 aliphatic rings. The van der Waals surface area contributed by atoms with Crippen LogP contribution in [-0.4, -0.2) is 25.8 Å². The van der Waals surface area contributed by atoms with Crippen molar-refractivity contribution in [3.8, 4) is 0 Å². The fourth-order valence-corrected chi connectivity index (χ4v) is 3.50. The van der Waals surface area contributed by atoms with Crippen LogP contribution in [0, 0.1) is 17.3 Å². The second kappa shape index (κ2) is 4.14. The van der Waals surface area contributed by atoms with E-state index in [-0.39, 0.29) is 0 Å². The van der Waals surface area contributed by atoms with E-state index in [2.05, 4.69) is 27.4 Å². The summed E-state index contributed by atoms with van der Waals surface area (Å²) >= 11 is 0. The molecule has 1 nitrogen and oxygen atoms in total. The molecule has 1 heterocycles. The van der Waals surface area contributed by atoms with Gasteiger partial charge in [-0.25, -0.2) is 0 Å². The smallest absolute Gasteiger partial charge is 0.300 e. The first-order valence-electron chi connectivity index (χ1n) is 6.54. The predicted octanol–water partition coefficient (Wildman–Crippen LogP) is 3.02. The highest BCUT2D eigenvalue weighted by Crippen LogP contribution is 2.58. The second-order valence-electron chi connectivity index (χ2n) is 6.16. The van der Waals surface area contributed by atoms with Gasteiger partial charge >= 0.3 is 0 Å². The lowest BCUT2D eigenvalue weighted by Gasteiger charge is -2.55. The van der Waals surface area contributed by atoms with E-state index in [9.17, 15) is 0 Å². The van der Waals surface area contributed by atoms with Gasteiger partial charge in [-0.1, -0.05) is 25.5 Å². The van der Waals surface area contributed by atoms with Gasteiger partial charge in [-0.15, -0.1) is 8.58 Å². The van der Waals surface area contributed by atoms with Crippen LogP contribution in [0.2, 0.25) is 0 Å². The van der Waals surface area contributed by atoms with Crippen molar-refractivity contribution in [2.75, 3.05) is 12.8 Å². The Hall–Kier alpha value is 0.195. The molecule has 2 bridgehead atoms. The molecular weight excluding hydrogens is 214 g/mol. The Morgan fingerprint density at radius 2 is 2.38 bits per heavy atom. The topological polar surface area (TPSA) is 9.23 Å². The second-order valence-corrected chi connectivity index (χ2v) is 7.72. The van der Waals surface area contributed by atoms with Crippen LogP contribution < -0.4 is 0 Å². The zero-order chi connectivity index (χ0) is 11.2. The summed E-state index contributed by atoms with van der Waals surface area (Å²) in [6.45, 7) is 5.77. The number of rotatable bonds is 5. The monoisotopic (exact) mass is 235 g/mol. The first-order chi connectivity index (χ1) is 7.66. The predicted molar refractivity (Wildman–Crippen MR) is 71.4 cm³/mol. The number of hydrogen-bond acceptors (Lipinski definition) is 1. The Bertz CT molecular complexity index is 309. The molecule has 4 unspecified atom stereocenters. The van der Waals surface area contributed by atoms with E-state index in [1.807, 2.05) is 0 Å². The number of allylic oxidation sites excluding steroid dienone is 1. The SMILES string of the molecule is CC1(C)C2C=C(CCO[B]C3CP3)CC1C2. The number of fused-ring (bicyclic) bond motifs is 1. The normalized spacial score (nSPS) is 40.1. The lowest BCUT2D eigenvalue weighted by atomic mass is 9.50.